The first kappa shape index (κ1) is 16.9. The summed E-state index contributed by atoms with van der Waals surface area (Å²) in [6.45, 7) is 5.66. The molecule has 1 aromatic carbocycles. The minimum atomic E-state index is -0.275. The molecular weight excluding hydrogens is 281 g/mol. The first-order valence-electron chi connectivity index (χ1n) is 6.68. The van der Waals surface area contributed by atoms with E-state index >= 15 is 0 Å². The van der Waals surface area contributed by atoms with Crippen LogP contribution >= 0.6 is 12.4 Å². The van der Waals surface area contributed by atoms with Gasteiger partial charge in [0.2, 0.25) is 5.91 Å². The van der Waals surface area contributed by atoms with Gasteiger partial charge in [0, 0.05) is 39.3 Å². The molecule has 2 N–H and O–H groups in total. The SMILES string of the molecule is Cl.O=C(Cc1ccc(F)cc1)NCCN1CCNCC1. The van der Waals surface area contributed by atoms with Crippen molar-refractivity contribution in [3.8, 4) is 0 Å². The van der Waals surface area contributed by atoms with Crippen LogP contribution in [0, 0.1) is 5.82 Å². The summed E-state index contributed by atoms with van der Waals surface area (Å²) in [5.74, 6) is -0.287. The topological polar surface area (TPSA) is 44.4 Å². The Hall–Kier alpha value is -1.17. The first-order chi connectivity index (χ1) is 9.24. The van der Waals surface area contributed by atoms with E-state index in [2.05, 4.69) is 15.5 Å². The van der Waals surface area contributed by atoms with Gasteiger partial charge >= 0.3 is 0 Å². The smallest absolute Gasteiger partial charge is 0.224 e. The van der Waals surface area contributed by atoms with Crippen molar-refractivity contribution in [2.24, 2.45) is 0 Å². The molecule has 0 spiro atoms. The van der Waals surface area contributed by atoms with Gasteiger partial charge in [-0.25, -0.2) is 4.39 Å². The number of hydrogen-bond acceptors (Lipinski definition) is 3. The second kappa shape index (κ2) is 8.89. The van der Waals surface area contributed by atoms with E-state index in [1.807, 2.05) is 0 Å². The first-order valence-corrected chi connectivity index (χ1v) is 6.68. The number of rotatable bonds is 5. The molecule has 0 aliphatic carbocycles. The fourth-order valence-electron chi connectivity index (χ4n) is 2.14. The van der Waals surface area contributed by atoms with E-state index in [1.165, 1.54) is 12.1 Å². The van der Waals surface area contributed by atoms with Crippen LogP contribution in [0.2, 0.25) is 0 Å². The number of halogens is 2. The number of carbonyl (C=O) groups is 1. The standard InChI is InChI=1S/C14H20FN3O.ClH/c15-13-3-1-12(2-4-13)11-14(19)17-7-10-18-8-5-16-6-9-18;/h1-4,16H,5-11H2,(H,17,19);1H. The highest BCUT2D eigenvalue weighted by Gasteiger charge is 2.09. The van der Waals surface area contributed by atoms with E-state index in [4.69, 9.17) is 0 Å². The molecule has 112 valence electrons. The Kier molecular flexibility index (Phi) is 7.51. The molecule has 1 aliphatic heterocycles. The molecular formula is C14H21ClFN3O. The van der Waals surface area contributed by atoms with Gasteiger partial charge in [-0.2, -0.15) is 0 Å². The predicted octanol–water partition coefficient (Wildman–Crippen LogP) is 0.811. The minimum Gasteiger partial charge on any atom is -0.355 e. The largest absolute Gasteiger partial charge is 0.355 e. The van der Waals surface area contributed by atoms with Crippen molar-refractivity contribution in [3.05, 3.63) is 35.6 Å². The molecule has 1 fully saturated rings. The predicted molar refractivity (Wildman–Crippen MR) is 79.7 cm³/mol. The third kappa shape index (κ3) is 5.86. The summed E-state index contributed by atoms with van der Waals surface area (Å²) in [5, 5.41) is 6.19. The Morgan fingerprint density at radius 3 is 2.55 bits per heavy atom. The van der Waals surface area contributed by atoms with Gasteiger partial charge in [0.1, 0.15) is 5.82 Å². The van der Waals surface area contributed by atoms with Crippen LogP contribution in [0.4, 0.5) is 4.39 Å². The van der Waals surface area contributed by atoms with Crippen LogP contribution in [0.3, 0.4) is 0 Å². The van der Waals surface area contributed by atoms with Crippen LogP contribution in [0.5, 0.6) is 0 Å². The van der Waals surface area contributed by atoms with Crippen molar-refractivity contribution in [2.75, 3.05) is 39.3 Å². The maximum Gasteiger partial charge on any atom is 0.224 e. The van der Waals surface area contributed by atoms with Crippen molar-refractivity contribution < 1.29 is 9.18 Å². The highest BCUT2D eigenvalue weighted by atomic mass is 35.5. The van der Waals surface area contributed by atoms with Gasteiger partial charge < -0.3 is 10.6 Å². The second-order valence-electron chi connectivity index (χ2n) is 4.74. The Bertz CT molecular complexity index is 407. The van der Waals surface area contributed by atoms with Crippen LogP contribution < -0.4 is 10.6 Å². The quantitative estimate of drug-likeness (QED) is 0.846. The molecule has 1 aliphatic rings. The van der Waals surface area contributed by atoms with Gasteiger partial charge in [-0.05, 0) is 17.7 Å². The lowest BCUT2D eigenvalue weighted by atomic mass is 10.1. The molecule has 2 rings (SSSR count). The molecule has 1 aromatic rings. The van der Waals surface area contributed by atoms with Crippen LogP contribution in [-0.2, 0) is 11.2 Å². The number of benzene rings is 1. The molecule has 0 aromatic heterocycles. The summed E-state index contributed by atoms with van der Waals surface area (Å²) in [5.41, 5.74) is 0.834. The lowest BCUT2D eigenvalue weighted by Crippen LogP contribution is -2.46. The minimum absolute atomic E-state index is 0. The van der Waals surface area contributed by atoms with Crippen molar-refractivity contribution >= 4 is 18.3 Å². The Morgan fingerprint density at radius 1 is 1.25 bits per heavy atom. The maximum absolute atomic E-state index is 12.7. The van der Waals surface area contributed by atoms with Gasteiger partial charge in [-0.3, -0.25) is 9.69 Å². The number of nitrogens with one attached hydrogen (secondary N) is 2. The normalized spacial score (nSPS) is 15.4. The van der Waals surface area contributed by atoms with Gasteiger partial charge in [-0.15, -0.1) is 12.4 Å². The van der Waals surface area contributed by atoms with E-state index in [9.17, 15) is 9.18 Å². The van der Waals surface area contributed by atoms with Crippen LogP contribution in [0.15, 0.2) is 24.3 Å². The average Bonchev–Trinajstić information content (AvgIpc) is 2.43. The Labute approximate surface area is 125 Å². The van der Waals surface area contributed by atoms with Gasteiger partial charge in [0.05, 0.1) is 6.42 Å². The summed E-state index contributed by atoms with van der Waals surface area (Å²) in [7, 11) is 0. The second-order valence-corrected chi connectivity index (χ2v) is 4.74. The van der Waals surface area contributed by atoms with Crippen LogP contribution in [-0.4, -0.2) is 50.1 Å². The number of hydrogen-bond donors (Lipinski definition) is 2. The van der Waals surface area contributed by atoms with E-state index in [0.717, 1.165) is 38.3 Å². The lowest BCUT2D eigenvalue weighted by Gasteiger charge is -2.27. The highest BCUT2D eigenvalue weighted by molar-refractivity contribution is 5.85. The molecule has 1 saturated heterocycles. The summed E-state index contributed by atoms with van der Waals surface area (Å²) in [4.78, 5) is 14.0. The number of nitrogens with zero attached hydrogens (tertiary/aromatic N) is 1. The fourth-order valence-corrected chi connectivity index (χ4v) is 2.14. The lowest BCUT2D eigenvalue weighted by molar-refractivity contribution is -0.120. The Morgan fingerprint density at radius 2 is 1.90 bits per heavy atom. The zero-order valence-electron chi connectivity index (χ0n) is 11.4. The third-order valence-electron chi connectivity index (χ3n) is 3.24. The third-order valence-corrected chi connectivity index (χ3v) is 3.24. The van der Waals surface area contributed by atoms with Crippen molar-refractivity contribution in [1.82, 2.24) is 15.5 Å². The molecule has 1 amide bonds. The Balaban J connectivity index is 0.00000200. The number of amides is 1. The molecule has 0 unspecified atom stereocenters. The molecule has 0 bridgehead atoms. The van der Waals surface area contributed by atoms with E-state index in [1.54, 1.807) is 12.1 Å². The monoisotopic (exact) mass is 301 g/mol. The fraction of sp³-hybridized carbons (Fsp3) is 0.500. The van der Waals surface area contributed by atoms with Crippen molar-refractivity contribution in [2.45, 2.75) is 6.42 Å². The number of carbonyl (C=O) groups excluding carboxylic acids is 1. The van der Waals surface area contributed by atoms with Crippen molar-refractivity contribution in [1.29, 1.82) is 0 Å². The number of piperazine rings is 1. The molecule has 0 saturated carbocycles. The zero-order chi connectivity index (χ0) is 13.5. The molecule has 0 radical (unpaired) electrons. The van der Waals surface area contributed by atoms with Gasteiger partial charge in [-0.1, -0.05) is 12.1 Å². The van der Waals surface area contributed by atoms with E-state index < -0.39 is 0 Å². The summed E-state index contributed by atoms with van der Waals surface area (Å²) in [6.07, 6.45) is 0.307. The molecule has 1 heterocycles. The van der Waals surface area contributed by atoms with Gasteiger partial charge in [0.25, 0.3) is 0 Å². The van der Waals surface area contributed by atoms with E-state index in [-0.39, 0.29) is 24.1 Å². The molecule has 20 heavy (non-hydrogen) atoms. The average molecular weight is 302 g/mol. The van der Waals surface area contributed by atoms with E-state index in [0.29, 0.717) is 13.0 Å². The zero-order valence-corrected chi connectivity index (χ0v) is 12.2. The summed E-state index contributed by atoms with van der Waals surface area (Å²) in [6, 6.07) is 6.04. The summed E-state index contributed by atoms with van der Waals surface area (Å²) >= 11 is 0. The maximum atomic E-state index is 12.7. The van der Waals surface area contributed by atoms with Crippen molar-refractivity contribution in [3.63, 3.8) is 0 Å². The van der Waals surface area contributed by atoms with Crippen LogP contribution in [0.1, 0.15) is 5.56 Å². The summed E-state index contributed by atoms with van der Waals surface area (Å²) < 4.78 is 12.7. The molecule has 6 heteroatoms. The van der Waals surface area contributed by atoms with Gasteiger partial charge in [0.15, 0.2) is 0 Å². The molecule has 4 nitrogen and oxygen atoms in total. The van der Waals surface area contributed by atoms with Crippen LogP contribution in [0.25, 0.3) is 0 Å². The molecule has 0 atom stereocenters. The highest BCUT2D eigenvalue weighted by Crippen LogP contribution is 2.03.